The molecule has 4 heteroatoms. The van der Waals surface area contributed by atoms with E-state index in [1.807, 2.05) is 25.6 Å². The molecule has 0 radical (unpaired) electrons. The van der Waals surface area contributed by atoms with Crippen LogP contribution in [0.1, 0.15) is 24.6 Å². The Bertz CT molecular complexity index is 707. The summed E-state index contributed by atoms with van der Waals surface area (Å²) < 4.78 is 1.91. The van der Waals surface area contributed by atoms with Crippen molar-refractivity contribution in [1.29, 1.82) is 0 Å². The Morgan fingerprint density at radius 3 is 2.72 bits per heavy atom. The third-order valence-corrected chi connectivity index (χ3v) is 3.67. The first-order valence-electron chi connectivity index (χ1n) is 5.93. The highest BCUT2D eigenvalue weighted by Gasteiger charge is 2.16. The number of rotatable bonds is 1. The maximum absolute atomic E-state index is 6.17. The van der Waals surface area contributed by atoms with E-state index in [-0.39, 0.29) is 0 Å². The van der Waals surface area contributed by atoms with Crippen molar-refractivity contribution in [3.63, 3.8) is 0 Å². The average molecular weight is 260 g/mol. The van der Waals surface area contributed by atoms with Crippen LogP contribution in [0.15, 0.2) is 28.3 Å². The molecule has 0 fully saturated rings. The third-order valence-electron chi connectivity index (χ3n) is 3.36. The smallest absolute Gasteiger partial charge is 0.133 e. The zero-order chi connectivity index (χ0) is 12.9. The van der Waals surface area contributed by atoms with E-state index in [0.29, 0.717) is 5.16 Å². The fraction of sp³-hybridized carbons (Fsp3) is 0.286. The minimum atomic E-state index is 0.616. The van der Waals surface area contributed by atoms with E-state index in [4.69, 9.17) is 11.6 Å². The lowest BCUT2D eigenvalue weighted by atomic mass is 10.0. The van der Waals surface area contributed by atoms with Crippen molar-refractivity contribution < 1.29 is 0 Å². The molecule has 0 unspecified atom stereocenters. The number of aliphatic imine (C=N–C) groups is 1. The lowest BCUT2D eigenvalue weighted by Crippen LogP contribution is -1.92. The predicted molar refractivity (Wildman–Crippen MR) is 76.0 cm³/mol. The fourth-order valence-corrected chi connectivity index (χ4v) is 2.77. The van der Waals surface area contributed by atoms with Crippen LogP contribution in [-0.4, -0.2) is 15.5 Å². The molecule has 0 aliphatic carbocycles. The van der Waals surface area contributed by atoms with Gasteiger partial charge in [-0.25, -0.2) is 4.99 Å². The monoisotopic (exact) mass is 259 g/mol. The van der Waals surface area contributed by atoms with Gasteiger partial charge in [-0.15, -0.1) is 0 Å². The maximum Gasteiger partial charge on any atom is 0.133 e. The van der Waals surface area contributed by atoms with E-state index >= 15 is 0 Å². The molecule has 1 aliphatic heterocycles. The second-order valence-corrected chi connectivity index (χ2v) is 5.09. The molecule has 0 N–H and O–H groups in total. The van der Waals surface area contributed by atoms with Gasteiger partial charge in [0.05, 0.1) is 11.2 Å². The van der Waals surface area contributed by atoms with E-state index in [1.54, 1.807) is 0 Å². The van der Waals surface area contributed by atoms with Crippen LogP contribution < -0.4 is 0 Å². The minimum Gasteiger partial charge on any atom is -0.268 e. The number of aryl methyl sites for hydroxylation is 2. The summed E-state index contributed by atoms with van der Waals surface area (Å²) in [6.45, 7) is 4.03. The molecule has 0 amide bonds. The Kier molecular flexibility index (Phi) is 2.52. The van der Waals surface area contributed by atoms with Gasteiger partial charge in [0.2, 0.25) is 0 Å². The van der Waals surface area contributed by atoms with E-state index in [0.717, 1.165) is 34.5 Å². The average Bonchev–Trinajstić information content (AvgIpc) is 2.80. The van der Waals surface area contributed by atoms with Gasteiger partial charge in [-0.05, 0) is 25.5 Å². The molecular formula is C14H14ClN3. The number of hydrogen-bond donors (Lipinski definition) is 0. The number of nitrogens with zero attached hydrogens (tertiary/aromatic N) is 3. The Labute approximate surface area is 111 Å². The number of aromatic nitrogens is 2. The van der Waals surface area contributed by atoms with Crippen molar-refractivity contribution >= 4 is 33.8 Å². The van der Waals surface area contributed by atoms with Gasteiger partial charge in [0.25, 0.3) is 0 Å². The molecule has 3 rings (SSSR count). The van der Waals surface area contributed by atoms with Crippen molar-refractivity contribution in [1.82, 2.24) is 9.78 Å². The van der Waals surface area contributed by atoms with Gasteiger partial charge in [0, 0.05) is 30.1 Å². The normalized spacial score (nSPS) is 15.7. The van der Waals surface area contributed by atoms with Gasteiger partial charge in [0.1, 0.15) is 5.16 Å². The SMILES string of the molecule is CC1=NC(Cl)=C(c2ccc3c(C)nn(C)c3c2)C1. The topological polar surface area (TPSA) is 30.2 Å². The van der Waals surface area contributed by atoms with Crippen LogP contribution in [0.5, 0.6) is 0 Å². The Hall–Kier alpha value is -1.61. The van der Waals surface area contributed by atoms with Crippen LogP contribution in [0.2, 0.25) is 0 Å². The van der Waals surface area contributed by atoms with Gasteiger partial charge >= 0.3 is 0 Å². The molecule has 2 heterocycles. The molecule has 92 valence electrons. The molecule has 0 spiro atoms. The zero-order valence-corrected chi connectivity index (χ0v) is 11.4. The van der Waals surface area contributed by atoms with Gasteiger partial charge in [-0.3, -0.25) is 4.68 Å². The summed E-state index contributed by atoms with van der Waals surface area (Å²) in [6.07, 6.45) is 0.834. The summed E-state index contributed by atoms with van der Waals surface area (Å²) in [5.41, 5.74) is 5.49. The lowest BCUT2D eigenvalue weighted by molar-refractivity contribution is 0.783. The first-order chi connectivity index (χ1) is 8.56. The summed E-state index contributed by atoms with van der Waals surface area (Å²) in [5.74, 6) is 0. The van der Waals surface area contributed by atoms with E-state index in [1.165, 1.54) is 5.39 Å². The molecule has 0 saturated carbocycles. The van der Waals surface area contributed by atoms with Crippen LogP contribution >= 0.6 is 11.6 Å². The Morgan fingerprint density at radius 1 is 1.28 bits per heavy atom. The molecule has 3 nitrogen and oxygen atoms in total. The maximum atomic E-state index is 6.17. The highest BCUT2D eigenvalue weighted by molar-refractivity contribution is 6.35. The molecule has 1 aromatic heterocycles. The Balaban J connectivity index is 2.16. The first-order valence-corrected chi connectivity index (χ1v) is 6.30. The summed E-state index contributed by atoms with van der Waals surface area (Å²) in [4.78, 5) is 4.29. The van der Waals surface area contributed by atoms with Gasteiger partial charge in [0.15, 0.2) is 0 Å². The first kappa shape index (κ1) is 11.5. The third kappa shape index (κ3) is 1.66. The molecule has 1 aliphatic rings. The van der Waals surface area contributed by atoms with Crippen molar-refractivity contribution in [3.05, 3.63) is 34.6 Å². The van der Waals surface area contributed by atoms with E-state index in [2.05, 4.69) is 28.3 Å². The van der Waals surface area contributed by atoms with Gasteiger partial charge in [-0.2, -0.15) is 5.10 Å². The Morgan fingerprint density at radius 2 is 2.06 bits per heavy atom. The summed E-state index contributed by atoms with van der Waals surface area (Å²) in [6, 6.07) is 6.35. The molecule has 2 aromatic rings. The standard InChI is InChI=1S/C14H14ClN3/c1-8-6-12(14(15)16-8)10-4-5-11-9(2)17-18(3)13(11)7-10/h4-5,7H,6H2,1-3H3. The predicted octanol–water partition coefficient (Wildman–Crippen LogP) is 3.65. The molecule has 1 aromatic carbocycles. The number of fused-ring (bicyclic) bond motifs is 1. The van der Waals surface area contributed by atoms with E-state index in [9.17, 15) is 0 Å². The summed E-state index contributed by atoms with van der Waals surface area (Å²) >= 11 is 6.17. The van der Waals surface area contributed by atoms with Crippen molar-refractivity contribution in [2.75, 3.05) is 0 Å². The second-order valence-electron chi connectivity index (χ2n) is 4.73. The zero-order valence-electron chi connectivity index (χ0n) is 10.7. The number of halogens is 1. The second kappa shape index (κ2) is 3.95. The highest BCUT2D eigenvalue weighted by atomic mass is 35.5. The van der Waals surface area contributed by atoms with Crippen molar-refractivity contribution in [3.8, 4) is 0 Å². The number of hydrogen-bond acceptors (Lipinski definition) is 2. The minimum absolute atomic E-state index is 0.616. The lowest BCUT2D eigenvalue weighted by Gasteiger charge is -2.04. The largest absolute Gasteiger partial charge is 0.268 e. The molecule has 0 saturated heterocycles. The van der Waals surface area contributed by atoms with Crippen molar-refractivity contribution in [2.24, 2.45) is 12.0 Å². The number of allylic oxidation sites excluding steroid dienone is 1. The van der Waals surface area contributed by atoms with Crippen LogP contribution in [-0.2, 0) is 7.05 Å². The highest BCUT2D eigenvalue weighted by Crippen LogP contribution is 2.33. The van der Waals surface area contributed by atoms with Crippen LogP contribution in [0.4, 0.5) is 0 Å². The van der Waals surface area contributed by atoms with Gasteiger partial charge in [-0.1, -0.05) is 23.7 Å². The van der Waals surface area contributed by atoms with Gasteiger partial charge < -0.3 is 0 Å². The van der Waals surface area contributed by atoms with Crippen molar-refractivity contribution in [2.45, 2.75) is 20.3 Å². The molecule has 18 heavy (non-hydrogen) atoms. The van der Waals surface area contributed by atoms with Crippen LogP contribution in [0, 0.1) is 6.92 Å². The summed E-state index contributed by atoms with van der Waals surface area (Å²) in [5, 5.41) is 6.24. The molecule has 0 atom stereocenters. The fourth-order valence-electron chi connectivity index (χ4n) is 2.45. The van der Waals surface area contributed by atoms with Crippen LogP contribution in [0.25, 0.3) is 16.5 Å². The molecular weight excluding hydrogens is 246 g/mol. The van der Waals surface area contributed by atoms with E-state index < -0.39 is 0 Å². The van der Waals surface area contributed by atoms with Crippen LogP contribution in [0.3, 0.4) is 0 Å². The quantitative estimate of drug-likeness (QED) is 0.719. The number of benzene rings is 1. The molecule has 0 bridgehead atoms. The summed E-state index contributed by atoms with van der Waals surface area (Å²) in [7, 11) is 1.96.